The predicted octanol–water partition coefficient (Wildman–Crippen LogP) is 3.27. The Labute approximate surface area is 119 Å². The molecule has 2 heterocycles. The van der Waals surface area contributed by atoms with Gasteiger partial charge >= 0.3 is 0 Å². The van der Waals surface area contributed by atoms with Crippen molar-refractivity contribution in [3.05, 3.63) is 11.7 Å². The molecule has 0 amide bonds. The average Bonchev–Trinajstić information content (AvgIpc) is 2.98. The molecule has 1 aromatic heterocycles. The predicted molar refractivity (Wildman–Crippen MR) is 77.4 cm³/mol. The fraction of sp³-hybridized carbons (Fsp3) is 0.857. The molecule has 2 fully saturated rings. The van der Waals surface area contributed by atoms with E-state index in [4.69, 9.17) is 9.51 Å². The van der Waals surface area contributed by atoms with Crippen LogP contribution in [-0.4, -0.2) is 29.0 Å². The Morgan fingerprint density at radius 1 is 1.16 bits per heavy atom. The quantitative estimate of drug-likeness (QED) is 0.921. The molecule has 4 nitrogen and oxygen atoms in total. The molecule has 19 heavy (non-hydrogen) atoms. The van der Waals surface area contributed by atoms with Gasteiger partial charge in [0.25, 0.3) is 0 Å². The van der Waals surface area contributed by atoms with Crippen LogP contribution in [0.2, 0.25) is 0 Å². The standard InChI is InChI=1S/C14H23N3OS/c1-15-11-7-3-2-6-10(11)14-16-13(17-18-14)12-8-4-5-9-19-12/h10-12,15H,2-9H2,1H3. The Kier molecular flexibility index (Phi) is 4.43. The summed E-state index contributed by atoms with van der Waals surface area (Å²) >= 11 is 1.98. The van der Waals surface area contributed by atoms with Gasteiger partial charge in [-0.15, -0.1) is 0 Å². The molecule has 3 atom stereocenters. The Hall–Kier alpha value is -0.550. The first-order valence-corrected chi connectivity index (χ1v) is 8.55. The smallest absolute Gasteiger partial charge is 0.231 e. The lowest BCUT2D eigenvalue weighted by Gasteiger charge is -2.28. The van der Waals surface area contributed by atoms with Crippen LogP contribution in [0.3, 0.4) is 0 Å². The van der Waals surface area contributed by atoms with Gasteiger partial charge in [-0.3, -0.25) is 0 Å². The van der Waals surface area contributed by atoms with Crippen LogP contribution < -0.4 is 5.32 Å². The third-order valence-electron chi connectivity index (χ3n) is 4.38. The third-order valence-corrected chi connectivity index (χ3v) is 5.75. The molecule has 1 saturated heterocycles. The summed E-state index contributed by atoms with van der Waals surface area (Å²) in [4.78, 5) is 4.72. The van der Waals surface area contributed by atoms with Crippen LogP contribution in [0.4, 0.5) is 0 Å². The van der Waals surface area contributed by atoms with Crippen molar-refractivity contribution >= 4 is 11.8 Å². The van der Waals surface area contributed by atoms with E-state index in [1.54, 1.807) is 0 Å². The summed E-state index contributed by atoms with van der Waals surface area (Å²) < 4.78 is 5.57. The molecule has 0 radical (unpaired) electrons. The van der Waals surface area contributed by atoms with Crippen LogP contribution in [0.15, 0.2) is 4.52 Å². The lowest BCUT2D eigenvalue weighted by atomic mass is 9.84. The maximum absolute atomic E-state index is 5.57. The highest BCUT2D eigenvalue weighted by Crippen LogP contribution is 2.38. The second-order valence-electron chi connectivity index (χ2n) is 5.63. The molecule has 1 aromatic rings. The lowest BCUT2D eigenvalue weighted by molar-refractivity contribution is 0.269. The second kappa shape index (κ2) is 6.27. The topological polar surface area (TPSA) is 51.0 Å². The first-order chi connectivity index (χ1) is 9.38. The van der Waals surface area contributed by atoms with Crippen molar-refractivity contribution in [3.8, 4) is 0 Å². The zero-order chi connectivity index (χ0) is 13.1. The Bertz CT molecular complexity index is 403. The zero-order valence-electron chi connectivity index (χ0n) is 11.6. The molecule has 0 spiro atoms. The minimum Gasteiger partial charge on any atom is -0.339 e. The maximum Gasteiger partial charge on any atom is 0.231 e. The van der Waals surface area contributed by atoms with Crippen LogP contribution in [0.5, 0.6) is 0 Å². The van der Waals surface area contributed by atoms with Gasteiger partial charge in [0, 0.05) is 6.04 Å². The van der Waals surface area contributed by atoms with E-state index in [1.807, 2.05) is 18.8 Å². The number of likely N-dealkylation sites (N-methyl/N-ethyl adjacent to an activating group) is 1. The van der Waals surface area contributed by atoms with Gasteiger partial charge in [0.15, 0.2) is 5.82 Å². The summed E-state index contributed by atoms with van der Waals surface area (Å²) in [6.07, 6.45) is 8.80. The Morgan fingerprint density at radius 2 is 2.00 bits per heavy atom. The van der Waals surface area contributed by atoms with Crippen molar-refractivity contribution < 1.29 is 4.52 Å². The van der Waals surface area contributed by atoms with E-state index in [9.17, 15) is 0 Å². The number of rotatable bonds is 3. The van der Waals surface area contributed by atoms with Crippen molar-refractivity contribution in [2.24, 2.45) is 0 Å². The molecular formula is C14H23N3OS. The molecule has 0 bridgehead atoms. The fourth-order valence-electron chi connectivity index (χ4n) is 3.24. The summed E-state index contributed by atoms with van der Waals surface area (Å²) in [7, 11) is 2.04. The third kappa shape index (κ3) is 2.97. The van der Waals surface area contributed by atoms with Crippen molar-refractivity contribution in [3.63, 3.8) is 0 Å². The van der Waals surface area contributed by atoms with Gasteiger partial charge < -0.3 is 9.84 Å². The Balaban J connectivity index is 1.72. The van der Waals surface area contributed by atoms with E-state index < -0.39 is 0 Å². The van der Waals surface area contributed by atoms with E-state index in [2.05, 4.69) is 10.5 Å². The number of aromatic nitrogens is 2. The first kappa shape index (κ1) is 13.4. The number of hydrogen-bond acceptors (Lipinski definition) is 5. The molecule has 1 aliphatic heterocycles. The molecule has 1 aliphatic carbocycles. The minimum absolute atomic E-state index is 0.411. The van der Waals surface area contributed by atoms with E-state index >= 15 is 0 Å². The van der Waals surface area contributed by atoms with Gasteiger partial charge in [-0.05, 0) is 38.5 Å². The molecule has 2 aliphatic rings. The van der Waals surface area contributed by atoms with Gasteiger partial charge in [0.05, 0.1) is 11.2 Å². The van der Waals surface area contributed by atoms with Crippen molar-refractivity contribution in [2.45, 2.75) is 62.2 Å². The minimum atomic E-state index is 0.411. The maximum atomic E-state index is 5.57. The van der Waals surface area contributed by atoms with Crippen LogP contribution in [0.25, 0.3) is 0 Å². The van der Waals surface area contributed by atoms with Crippen molar-refractivity contribution in [1.29, 1.82) is 0 Å². The largest absolute Gasteiger partial charge is 0.339 e. The summed E-state index contributed by atoms with van der Waals surface area (Å²) in [6, 6.07) is 0.501. The zero-order valence-corrected chi connectivity index (χ0v) is 12.4. The summed E-state index contributed by atoms with van der Waals surface area (Å²) in [5.74, 6) is 3.44. The van der Waals surface area contributed by atoms with E-state index in [-0.39, 0.29) is 0 Å². The second-order valence-corrected chi connectivity index (χ2v) is 6.94. The van der Waals surface area contributed by atoms with E-state index in [1.165, 1.54) is 50.7 Å². The SMILES string of the molecule is CNC1CCCCC1c1nc(C2CCCCS2)no1. The first-order valence-electron chi connectivity index (χ1n) is 7.51. The van der Waals surface area contributed by atoms with Crippen LogP contribution in [-0.2, 0) is 0 Å². The van der Waals surface area contributed by atoms with E-state index in [0.717, 1.165) is 11.7 Å². The molecule has 3 unspecified atom stereocenters. The molecule has 0 aromatic carbocycles. The van der Waals surface area contributed by atoms with Crippen LogP contribution >= 0.6 is 11.8 Å². The normalized spacial score (nSPS) is 32.4. The summed E-state index contributed by atoms with van der Waals surface area (Å²) in [6.45, 7) is 0. The number of hydrogen-bond donors (Lipinski definition) is 1. The van der Waals surface area contributed by atoms with Gasteiger partial charge in [-0.1, -0.05) is 24.4 Å². The lowest BCUT2D eigenvalue weighted by Crippen LogP contribution is -2.34. The number of nitrogens with zero attached hydrogens (tertiary/aromatic N) is 2. The monoisotopic (exact) mass is 281 g/mol. The summed E-state index contributed by atoms with van der Waals surface area (Å²) in [5.41, 5.74) is 0. The Morgan fingerprint density at radius 3 is 2.79 bits per heavy atom. The summed E-state index contributed by atoms with van der Waals surface area (Å²) in [5, 5.41) is 8.12. The van der Waals surface area contributed by atoms with Gasteiger partial charge in [-0.25, -0.2) is 0 Å². The molecule has 106 valence electrons. The van der Waals surface area contributed by atoms with Gasteiger partial charge in [0.1, 0.15) is 0 Å². The fourth-order valence-corrected chi connectivity index (χ4v) is 4.48. The molecule has 1 saturated carbocycles. The molecule has 1 N–H and O–H groups in total. The number of nitrogens with one attached hydrogen (secondary N) is 1. The highest BCUT2D eigenvalue weighted by molar-refractivity contribution is 7.99. The highest BCUT2D eigenvalue weighted by atomic mass is 32.2. The highest BCUT2D eigenvalue weighted by Gasteiger charge is 2.31. The number of thioether (sulfide) groups is 1. The van der Waals surface area contributed by atoms with Gasteiger partial charge in [0.2, 0.25) is 5.89 Å². The van der Waals surface area contributed by atoms with Gasteiger partial charge in [-0.2, -0.15) is 16.7 Å². The van der Waals surface area contributed by atoms with Crippen molar-refractivity contribution in [2.75, 3.05) is 12.8 Å². The van der Waals surface area contributed by atoms with Crippen LogP contribution in [0, 0.1) is 0 Å². The van der Waals surface area contributed by atoms with Crippen LogP contribution in [0.1, 0.15) is 67.8 Å². The van der Waals surface area contributed by atoms with Crippen molar-refractivity contribution in [1.82, 2.24) is 15.5 Å². The average molecular weight is 281 g/mol. The molecule has 3 rings (SSSR count). The molecule has 5 heteroatoms. The molecular weight excluding hydrogens is 258 g/mol. The van der Waals surface area contributed by atoms with E-state index in [0.29, 0.717) is 17.2 Å².